The molecule has 0 radical (unpaired) electrons. The number of benzene rings is 1. The smallest absolute Gasteiger partial charge is 0.215 e. The zero-order valence-corrected chi connectivity index (χ0v) is 10.2. The fraction of sp³-hybridized carbons (Fsp3) is 0.0909. The molecule has 2 aromatic heterocycles. The molecule has 7 heteroatoms. The maximum atomic E-state index is 13.3. The topological polar surface area (TPSA) is 56.5 Å². The van der Waals surface area contributed by atoms with E-state index in [4.69, 9.17) is 0 Å². The van der Waals surface area contributed by atoms with Crippen LogP contribution in [0.15, 0.2) is 40.6 Å². The van der Waals surface area contributed by atoms with Gasteiger partial charge in [-0.3, -0.25) is 0 Å². The summed E-state index contributed by atoms with van der Waals surface area (Å²) in [6.07, 6.45) is 1.69. The van der Waals surface area contributed by atoms with Gasteiger partial charge in [0.1, 0.15) is 10.8 Å². The highest BCUT2D eigenvalue weighted by atomic mass is 32.2. The van der Waals surface area contributed by atoms with Gasteiger partial charge in [0.2, 0.25) is 5.16 Å². The minimum Gasteiger partial charge on any atom is -0.249 e. The lowest BCUT2D eigenvalue weighted by Crippen LogP contribution is -1.93. The Labute approximate surface area is 106 Å². The monoisotopic (exact) mass is 261 g/mol. The molecule has 3 aromatic rings. The van der Waals surface area contributed by atoms with E-state index in [1.807, 2.05) is 6.07 Å². The molecule has 0 fully saturated rings. The van der Waals surface area contributed by atoms with Crippen molar-refractivity contribution < 1.29 is 4.39 Å². The number of halogens is 1. The molecule has 0 saturated carbocycles. The summed E-state index contributed by atoms with van der Waals surface area (Å²) in [5.74, 6) is -0.284. The van der Waals surface area contributed by atoms with Crippen LogP contribution >= 0.6 is 11.8 Å². The highest BCUT2D eigenvalue weighted by Crippen LogP contribution is 2.30. The van der Waals surface area contributed by atoms with Gasteiger partial charge in [-0.2, -0.15) is 0 Å². The molecule has 0 N–H and O–H groups in total. The van der Waals surface area contributed by atoms with Crippen molar-refractivity contribution in [3.05, 3.63) is 36.3 Å². The first-order valence-electron chi connectivity index (χ1n) is 5.18. The third kappa shape index (κ3) is 1.92. The molecule has 0 aliphatic carbocycles. The molecular formula is C11H8FN5S. The molecule has 3 rings (SSSR count). The van der Waals surface area contributed by atoms with Crippen LogP contribution in [-0.2, 0) is 7.05 Å². The fourth-order valence-corrected chi connectivity index (χ4v) is 2.41. The van der Waals surface area contributed by atoms with E-state index in [1.165, 1.54) is 23.9 Å². The number of hydrogen-bond acceptors (Lipinski definition) is 5. The van der Waals surface area contributed by atoms with Gasteiger partial charge < -0.3 is 0 Å². The molecule has 0 amide bonds. The number of tetrazole rings is 1. The predicted molar refractivity (Wildman–Crippen MR) is 64.6 cm³/mol. The third-order valence-electron chi connectivity index (χ3n) is 2.46. The molecule has 0 aliphatic heterocycles. The van der Waals surface area contributed by atoms with Crippen LogP contribution < -0.4 is 0 Å². The van der Waals surface area contributed by atoms with Crippen molar-refractivity contribution in [2.24, 2.45) is 7.05 Å². The van der Waals surface area contributed by atoms with Gasteiger partial charge in [-0.1, -0.05) is 6.07 Å². The van der Waals surface area contributed by atoms with Crippen LogP contribution in [0.5, 0.6) is 0 Å². The maximum absolute atomic E-state index is 13.3. The maximum Gasteiger partial charge on any atom is 0.215 e. The summed E-state index contributed by atoms with van der Waals surface area (Å²) in [7, 11) is 1.74. The van der Waals surface area contributed by atoms with Gasteiger partial charge in [-0.15, -0.1) is 5.10 Å². The normalized spacial score (nSPS) is 11.0. The quantitative estimate of drug-likeness (QED) is 0.706. The summed E-state index contributed by atoms with van der Waals surface area (Å²) in [5.41, 5.74) is 0. The lowest BCUT2D eigenvalue weighted by molar-refractivity contribution is 0.629. The van der Waals surface area contributed by atoms with Crippen molar-refractivity contribution >= 4 is 22.5 Å². The fourth-order valence-electron chi connectivity index (χ4n) is 1.59. The van der Waals surface area contributed by atoms with Crippen LogP contribution in [0, 0.1) is 5.82 Å². The minimum atomic E-state index is -0.284. The average Bonchev–Trinajstić information content (AvgIpc) is 2.76. The zero-order valence-electron chi connectivity index (χ0n) is 9.41. The molecule has 0 aliphatic rings. The van der Waals surface area contributed by atoms with E-state index >= 15 is 0 Å². The Kier molecular flexibility index (Phi) is 2.67. The highest BCUT2D eigenvalue weighted by molar-refractivity contribution is 7.99. The lowest BCUT2D eigenvalue weighted by Gasteiger charge is -2.03. The van der Waals surface area contributed by atoms with Crippen LogP contribution in [0.2, 0.25) is 0 Å². The van der Waals surface area contributed by atoms with E-state index in [2.05, 4.69) is 20.5 Å². The van der Waals surface area contributed by atoms with Crippen molar-refractivity contribution in [1.29, 1.82) is 0 Å². The highest BCUT2D eigenvalue weighted by Gasteiger charge is 2.10. The number of pyridine rings is 1. The number of nitrogens with zero attached hydrogens (tertiary/aromatic N) is 5. The first-order chi connectivity index (χ1) is 8.74. The molecule has 0 unspecified atom stereocenters. The Morgan fingerprint density at radius 3 is 2.94 bits per heavy atom. The van der Waals surface area contributed by atoms with Crippen LogP contribution in [0.4, 0.5) is 4.39 Å². The van der Waals surface area contributed by atoms with E-state index in [0.717, 1.165) is 10.8 Å². The number of aromatic nitrogens is 5. The summed E-state index contributed by atoms with van der Waals surface area (Å²) in [6.45, 7) is 0. The van der Waals surface area contributed by atoms with Crippen molar-refractivity contribution in [1.82, 2.24) is 25.2 Å². The Bertz CT molecular complexity index is 711. The summed E-state index contributed by atoms with van der Waals surface area (Å²) >= 11 is 1.31. The lowest BCUT2D eigenvalue weighted by atomic mass is 10.2. The van der Waals surface area contributed by atoms with E-state index in [1.54, 1.807) is 24.0 Å². The van der Waals surface area contributed by atoms with Crippen LogP contribution in [0.25, 0.3) is 10.8 Å². The molecule has 0 bridgehead atoms. The Hall–Kier alpha value is -2.02. The van der Waals surface area contributed by atoms with Crippen LogP contribution in [-0.4, -0.2) is 25.2 Å². The molecule has 5 nitrogen and oxygen atoms in total. The van der Waals surface area contributed by atoms with Gasteiger partial charge in [0.25, 0.3) is 0 Å². The number of rotatable bonds is 2. The Balaban J connectivity index is 2.11. The standard InChI is InChI=1S/C11H8FN5S/c1-17-11(14-15-16-17)18-10-9-6-8(12)3-2-7(9)4-5-13-10/h2-6H,1H3. The van der Waals surface area contributed by atoms with Crippen molar-refractivity contribution in [2.75, 3.05) is 0 Å². The Morgan fingerprint density at radius 1 is 1.28 bits per heavy atom. The molecule has 0 atom stereocenters. The van der Waals surface area contributed by atoms with Gasteiger partial charge in [-0.05, 0) is 45.8 Å². The van der Waals surface area contributed by atoms with Gasteiger partial charge in [0.15, 0.2) is 0 Å². The molecule has 1 aromatic carbocycles. The second-order valence-electron chi connectivity index (χ2n) is 3.67. The van der Waals surface area contributed by atoms with E-state index in [-0.39, 0.29) is 5.82 Å². The van der Waals surface area contributed by atoms with Crippen molar-refractivity contribution in [2.45, 2.75) is 10.2 Å². The molecule has 0 saturated heterocycles. The zero-order chi connectivity index (χ0) is 12.5. The number of fused-ring (bicyclic) bond motifs is 1. The summed E-state index contributed by atoms with van der Waals surface area (Å²) < 4.78 is 14.8. The second-order valence-corrected chi connectivity index (χ2v) is 4.62. The van der Waals surface area contributed by atoms with Gasteiger partial charge in [0, 0.05) is 18.6 Å². The van der Waals surface area contributed by atoms with Crippen LogP contribution in [0.3, 0.4) is 0 Å². The molecule has 90 valence electrons. The first-order valence-corrected chi connectivity index (χ1v) is 6.00. The van der Waals surface area contributed by atoms with Gasteiger partial charge in [-0.25, -0.2) is 14.1 Å². The van der Waals surface area contributed by atoms with E-state index in [0.29, 0.717) is 10.2 Å². The molecular weight excluding hydrogens is 253 g/mol. The van der Waals surface area contributed by atoms with Gasteiger partial charge >= 0.3 is 0 Å². The van der Waals surface area contributed by atoms with E-state index < -0.39 is 0 Å². The third-order valence-corrected chi connectivity index (χ3v) is 3.51. The first kappa shape index (κ1) is 11.1. The van der Waals surface area contributed by atoms with Crippen LogP contribution in [0.1, 0.15) is 0 Å². The summed E-state index contributed by atoms with van der Waals surface area (Å²) in [6, 6.07) is 6.47. The molecule has 2 heterocycles. The largest absolute Gasteiger partial charge is 0.249 e. The van der Waals surface area contributed by atoms with E-state index in [9.17, 15) is 4.39 Å². The second kappa shape index (κ2) is 4.34. The average molecular weight is 261 g/mol. The number of hydrogen-bond donors (Lipinski definition) is 0. The molecule has 0 spiro atoms. The number of aryl methyl sites for hydroxylation is 1. The molecule has 18 heavy (non-hydrogen) atoms. The Morgan fingerprint density at radius 2 is 2.17 bits per heavy atom. The minimum absolute atomic E-state index is 0.284. The predicted octanol–water partition coefficient (Wildman–Crippen LogP) is 2.05. The van der Waals surface area contributed by atoms with Gasteiger partial charge in [0.05, 0.1) is 0 Å². The van der Waals surface area contributed by atoms with Crippen molar-refractivity contribution in [3.63, 3.8) is 0 Å². The van der Waals surface area contributed by atoms with Crippen molar-refractivity contribution in [3.8, 4) is 0 Å². The summed E-state index contributed by atoms with van der Waals surface area (Å²) in [4.78, 5) is 4.25. The SMILES string of the molecule is Cn1nnnc1Sc1nccc2ccc(F)cc12. The summed E-state index contributed by atoms with van der Waals surface area (Å²) in [5, 5.41) is 14.2.